The van der Waals surface area contributed by atoms with Crippen molar-refractivity contribution in [2.75, 3.05) is 33.9 Å². The zero-order valence-corrected chi connectivity index (χ0v) is 15.0. The minimum Gasteiger partial charge on any atom is -0.453 e. The van der Waals surface area contributed by atoms with E-state index in [1.807, 2.05) is 0 Å². The van der Waals surface area contributed by atoms with Gasteiger partial charge in [-0.25, -0.2) is 14.4 Å². The van der Waals surface area contributed by atoms with Crippen LogP contribution in [-0.2, 0) is 19.1 Å². The second kappa shape index (κ2) is 10.8. The van der Waals surface area contributed by atoms with E-state index < -0.39 is 30.0 Å². The van der Waals surface area contributed by atoms with Crippen LogP contribution in [0.2, 0.25) is 0 Å². The lowest BCUT2D eigenvalue weighted by Crippen LogP contribution is -2.48. The standard InChI is InChI=1S/C15H27N3O8/c1-24-13(20)16-8-4-3-5-11(17-14(21)25-2)12(19)26-18-9-6-15(22,23)7-10-18/h11,22-23H,3-10H2,1-2H3,(H,16,20)(H,17,21). The average Bonchev–Trinajstić information content (AvgIpc) is 2.61. The second-order valence-electron chi connectivity index (χ2n) is 5.92. The first-order chi connectivity index (χ1) is 12.3. The fraction of sp³-hybridized carbons (Fsp3) is 0.800. The molecule has 150 valence electrons. The lowest BCUT2D eigenvalue weighted by atomic mass is 10.1. The number of aliphatic hydroxyl groups is 2. The van der Waals surface area contributed by atoms with Gasteiger partial charge in [-0.2, -0.15) is 0 Å². The maximum absolute atomic E-state index is 12.3. The number of rotatable bonds is 8. The molecule has 4 N–H and O–H groups in total. The van der Waals surface area contributed by atoms with E-state index in [1.54, 1.807) is 0 Å². The van der Waals surface area contributed by atoms with E-state index in [0.29, 0.717) is 19.4 Å². The number of nitrogens with zero attached hydrogens (tertiary/aromatic N) is 1. The molecule has 1 saturated heterocycles. The minimum absolute atomic E-state index is 0.0502. The van der Waals surface area contributed by atoms with E-state index in [1.165, 1.54) is 19.3 Å². The molecule has 0 spiro atoms. The summed E-state index contributed by atoms with van der Waals surface area (Å²) in [7, 11) is 2.45. The lowest BCUT2D eigenvalue weighted by molar-refractivity contribution is -0.243. The summed E-state index contributed by atoms with van der Waals surface area (Å²) in [5.74, 6) is -2.42. The Bertz CT molecular complexity index is 476. The smallest absolute Gasteiger partial charge is 0.407 e. The summed E-state index contributed by atoms with van der Waals surface area (Å²) in [5, 5.41) is 25.2. The molecule has 1 aliphatic heterocycles. The first-order valence-corrected chi connectivity index (χ1v) is 8.35. The summed E-state index contributed by atoms with van der Waals surface area (Å²) in [6.45, 7) is 0.716. The summed E-state index contributed by atoms with van der Waals surface area (Å²) < 4.78 is 8.95. The van der Waals surface area contributed by atoms with Crippen LogP contribution in [0.5, 0.6) is 0 Å². The quantitative estimate of drug-likeness (QED) is 0.324. The van der Waals surface area contributed by atoms with Crippen molar-refractivity contribution in [3.63, 3.8) is 0 Å². The Balaban J connectivity index is 2.44. The fourth-order valence-electron chi connectivity index (χ4n) is 2.31. The van der Waals surface area contributed by atoms with Crippen molar-refractivity contribution in [1.82, 2.24) is 15.7 Å². The molecule has 0 aromatic heterocycles. The molecule has 1 rings (SSSR count). The lowest BCUT2D eigenvalue weighted by Gasteiger charge is -2.33. The van der Waals surface area contributed by atoms with Crippen molar-refractivity contribution in [1.29, 1.82) is 0 Å². The van der Waals surface area contributed by atoms with Gasteiger partial charge in [0.25, 0.3) is 0 Å². The normalized spacial score (nSPS) is 17.7. The van der Waals surface area contributed by atoms with Crippen LogP contribution in [0.4, 0.5) is 9.59 Å². The molecule has 0 saturated carbocycles. The van der Waals surface area contributed by atoms with Gasteiger partial charge in [0.15, 0.2) is 5.79 Å². The van der Waals surface area contributed by atoms with Crippen molar-refractivity contribution in [2.24, 2.45) is 0 Å². The van der Waals surface area contributed by atoms with Crippen molar-refractivity contribution in [2.45, 2.75) is 43.9 Å². The van der Waals surface area contributed by atoms with E-state index in [0.717, 1.165) is 0 Å². The summed E-state index contributed by atoms with van der Waals surface area (Å²) in [6.07, 6.45) is 0.191. The number of piperidine rings is 1. The fourth-order valence-corrected chi connectivity index (χ4v) is 2.31. The van der Waals surface area contributed by atoms with E-state index in [2.05, 4.69) is 20.1 Å². The molecule has 0 aromatic rings. The van der Waals surface area contributed by atoms with Gasteiger partial charge >= 0.3 is 18.2 Å². The number of ether oxygens (including phenoxy) is 2. The number of nitrogens with one attached hydrogen (secondary N) is 2. The number of amides is 2. The van der Waals surface area contributed by atoms with Gasteiger partial charge < -0.3 is 35.2 Å². The number of carbonyl (C=O) groups excluding carboxylic acids is 3. The Kier molecular flexibility index (Phi) is 9.10. The molecule has 1 unspecified atom stereocenters. The Labute approximate surface area is 151 Å². The third-order valence-electron chi connectivity index (χ3n) is 3.88. The summed E-state index contributed by atoms with van der Waals surface area (Å²) in [4.78, 5) is 39.9. The van der Waals surface area contributed by atoms with E-state index in [4.69, 9.17) is 4.84 Å². The zero-order chi connectivity index (χ0) is 19.6. The van der Waals surface area contributed by atoms with Crippen LogP contribution in [0, 0.1) is 0 Å². The number of methoxy groups -OCH3 is 2. The van der Waals surface area contributed by atoms with Crippen LogP contribution in [0.3, 0.4) is 0 Å². The summed E-state index contributed by atoms with van der Waals surface area (Å²) in [5.41, 5.74) is 0. The van der Waals surface area contributed by atoms with Crippen LogP contribution in [0.1, 0.15) is 32.1 Å². The van der Waals surface area contributed by atoms with Gasteiger partial charge in [-0.3, -0.25) is 0 Å². The zero-order valence-electron chi connectivity index (χ0n) is 15.0. The predicted molar refractivity (Wildman–Crippen MR) is 87.7 cm³/mol. The highest BCUT2D eigenvalue weighted by atomic mass is 16.7. The highest BCUT2D eigenvalue weighted by Gasteiger charge is 2.32. The minimum atomic E-state index is -1.75. The summed E-state index contributed by atoms with van der Waals surface area (Å²) in [6, 6.07) is -0.921. The van der Waals surface area contributed by atoms with Crippen LogP contribution >= 0.6 is 0 Å². The number of hydrogen-bond acceptors (Lipinski definition) is 9. The molecule has 0 aliphatic carbocycles. The van der Waals surface area contributed by atoms with Crippen molar-refractivity contribution < 1.29 is 38.9 Å². The Morgan fingerprint density at radius 2 is 1.69 bits per heavy atom. The summed E-state index contributed by atoms with van der Waals surface area (Å²) >= 11 is 0. The number of carbonyl (C=O) groups is 3. The molecule has 1 aliphatic rings. The molecule has 11 nitrogen and oxygen atoms in total. The predicted octanol–water partition coefficient (Wildman–Crippen LogP) is -0.528. The first kappa shape index (κ1) is 21.9. The monoisotopic (exact) mass is 377 g/mol. The maximum Gasteiger partial charge on any atom is 0.407 e. The molecule has 0 aromatic carbocycles. The maximum atomic E-state index is 12.3. The van der Waals surface area contributed by atoms with E-state index in [-0.39, 0.29) is 32.4 Å². The third kappa shape index (κ3) is 8.32. The Morgan fingerprint density at radius 3 is 2.27 bits per heavy atom. The van der Waals surface area contributed by atoms with Gasteiger partial charge in [0.2, 0.25) is 0 Å². The largest absolute Gasteiger partial charge is 0.453 e. The van der Waals surface area contributed by atoms with E-state index >= 15 is 0 Å². The molecule has 26 heavy (non-hydrogen) atoms. The van der Waals surface area contributed by atoms with Crippen LogP contribution in [0.15, 0.2) is 0 Å². The molecule has 1 atom stereocenters. The van der Waals surface area contributed by atoms with Gasteiger partial charge in [-0.1, -0.05) is 0 Å². The number of alkyl carbamates (subject to hydrolysis) is 2. The molecule has 2 amide bonds. The van der Waals surface area contributed by atoms with Gasteiger partial charge in [0.1, 0.15) is 6.04 Å². The molecular weight excluding hydrogens is 350 g/mol. The van der Waals surface area contributed by atoms with Crippen LogP contribution in [-0.4, -0.2) is 79.1 Å². The van der Waals surface area contributed by atoms with Crippen molar-refractivity contribution >= 4 is 18.2 Å². The highest BCUT2D eigenvalue weighted by Crippen LogP contribution is 2.19. The van der Waals surface area contributed by atoms with Gasteiger partial charge in [0, 0.05) is 32.5 Å². The van der Waals surface area contributed by atoms with Crippen LogP contribution < -0.4 is 10.6 Å². The van der Waals surface area contributed by atoms with Crippen LogP contribution in [0.25, 0.3) is 0 Å². The van der Waals surface area contributed by atoms with E-state index in [9.17, 15) is 24.6 Å². The first-order valence-electron chi connectivity index (χ1n) is 8.35. The average molecular weight is 377 g/mol. The topological polar surface area (TPSA) is 147 Å². The Morgan fingerprint density at radius 1 is 1.08 bits per heavy atom. The molecule has 11 heteroatoms. The van der Waals surface area contributed by atoms with Gasteiger partial charge in [-0.15, -0.1) is 5.06 Å². The molecule has 0 bridgehead atoms. The van der Waals surface area contributed by atoms with Gasteiger partial charge in [0.05, 0.1) is 14.2 Å². The second-order valence-corrected chi connectivity index (χ2v) is 5.92. The number of hydroxylamine groups is 2. The molecule has 0 radical (unpaired) electrons. The number of hydrogen-bond donors (Lipinski definition) is 4. The third-order valence-corrected chi connectivity index (χ3v) is 3.88. The molecule has 1 heterocycles. The molecular formula is C15H27N3O8. The van der Waals surface area contributed by atoms with Gasteiger partial charge in [-0.05, 0) is 19.3 Å². The van der Waals surface area contributed by atoms with Crippen molar-refractivity contribution in [3.05, 3.63) is 0 Å². The molecule has 1 fully saturated rings. The van der Waals surface area contributed by atoms with Crippen molar-refractivity contribution in [3.8, 4) is 0 Å². The highest BCUT2D eigenvalue weighted by molar-refractivity contribution is 5.81. The Hall–Kier alpha value is -2.11. The number of unbranched alkanes of at least 4 members (excludes halogenated alkanes) is 1. The SMILES string of the molecule is COC(=O)NCCCCC(NC(=O)OC)C(=O)ON1CCC(O)(O)CC1.